The third-order valence-electron chi connectivity index (χ3n) is 0.547. The molecule has 5 heteroatoms. The molecule has 0 aromatic carbocycles. The van der Waals surface area contributed by atoms with E-state index in [-0.39, 0.29) is 0 Å². The van der Waals surface area contributed by atoms with Crippen LogP contribution < -0.4 is 0 Å². The zero-order valence-corrected chi connectivity index (χ0v) is 4.84. The topological polar surface area (TPSA) is 66.8 Å². The highest BCUT2D eigenvalue weighted by Gasteiger charge is 2.30. The Bertz CT molecular complexity index is 99.5. The molecule has 48 valence electrons. The molecule has 1 atom stereocenters. The van der Waals surface area contributed by atoms with Crippen molar-refractivity contribution in [2.24, 2.45) is 0 Å². The zero-order valence-electron chi connectivity index (χ0n) is 4.09. The molecule has 0 amide bonds. The molecule has 2 N–H and O–H groups in total. The molecule has 0 aliphatic heterocycles. The molecule has 0 unspecified atom stereocenters. The number of rotatable bonds is 2. The van der Waals surface area contributed by atoms with Crippen molar-refractivity contribution in [3.8, 4) is 0 Å². The first kappa shape index (κ1) is 7.68. The first-order valence-electron chi connectivity index (χ1n) is 1.76. The van der Waals surface area contributed by atoms with E-state index in [0.717, 1.165) is 6.92 Å². The van der Waals surface area contributed by atoms with Crippen LogP contribution in [-0.4, -0.2) is 22.0 Å². The lowest BCUT2D eigenvalue weighted by molar-refractivity contribution is -0.187. The second-order valence-corrected chi connectivity index (χ2v) is 1.52. The van der Waals surface area contributed by atoms with E-state index in [2.05, 4.69) is 16.2 Å². The third-order valence-corrected chi connectivity index (χ3v) is 0.848. The van der Waals surface area contributed by atoms with Crippen molar-refractivity contribution in [2.75, 3.05) is 0 Å². The highest BCUT2D eigenvalue weighted by atomic mass is 35.5. The fourth-order valence-electron chi connectivity index (χ4n) is 0.0330. The number of aliphatic carboxylic acids is 1. The van der Waals surface area contributed by atoms with Crippen molar-refractivity contribution in [3.63, 3.8) is 0 Å². The van der Waals surface area contributed by atoms with Crippen LogP contribution in [0.2, 0.25) is 0 Å². The second-order valence-electron chi connectivity index (χ2n) is 1.37. The molecule has 0 fully saturated rings. The van der Waals surface area contributed by atoms with Gasteiger partial charge in [0.2, 0.25) is 0 Å². The summed E-state index contributed by atoms with van der Waals surface area (Å²) in [7, 11) is 0. The number of aliphatic hydroxyl groups is 1. The quantitative estimate of drug-likeness (QED) is 0.528. The number of carbonyl (C=O) groups is 1. The predicted molar refractivity (Wildman–Crippen MR) is 25.2 cm³/mol. The zero-order chi connectivity index (χ0) is 6.78. The lowest BCUT2D eigenvalue weighted by atomic mass is 10.3. The fraction of sp³-hybridized carbons (Fsp3) is 0.667. The lowest BCUT2D eigenvalue weighted by Gasteiger charge is -2.10. The van der Waals surface area contributed by atoms with Crippen LogP contribution in [0.4, 0.5) is 0 Å². The van der Waals surface area contributed by atoms with E-state index >= 15 is 0 Å². The normalized spacial score (nSPS) is 17.4. The molecular formula is C3H5ClO4. The number of carboxylic acid groups (broad SMARTS) is 1. The molecule has 0 aliphatic rings. The molecule has 0 bridgehead atoms. The van der Waals surface area contributed by atoms with E-state index in [9.17, 15) is 4.79 Å². The van der Waals surface area contributed by atoms with E-state index in [0.29, 0.717) is 0 Å². The molecule has 0 saturated heterocycles. The van der Waals surface area contributed by atoms with E-state index in [1.807, 2.05) is 0 Å². The van der Waals surface area contributed by atoms with E-state index in [1.54, 1.807) is 0 Å². The van der Waals surface area contributed by atoms with Gasteiger partial charge in [-0.2, -0.15) is 0 Å². The highest BCUT2D eigenvalue weighted by Crippen LogP contribution is 2.06. The Morgan fingerprint density at radius 1 is 1.88 bits per heavy atom. The molecule has 0 rings (SSSR count). The van der Waals surface area contributed by atoms with Crippen LogP contribution in [0.25, 0.3) is 0 Å². The molecule has 4 nitrogen and oxygen atoms in total. The number of carboxylic acids is 1. The first-order valence-corrected chi connectivity index (χ1v) is 2.07. The van der Waals surface area contributed by atoms with Gasteiger partial charge in [-0.15, -0.1) is 0 Å². The average molecular weight is 141 g/mol. The summed E-state index contributed by atoms with van der Waals surface area (Å²) < 4.78 is 3.63. The van der Waals surface area contributed by atoms with Crippen molar-refractivity contribution in [1.29, 1.82) is 0 Å². The third kappa shape index (κ3) is 1.65. The Labute approximate surface area is 50.8 Å². The minimum absolute atomic E-state index is 0.919. The SMILES string of the molecule is C[C@@](O)(OCl)C(=O)O. The Morgan fingerprint density at radius 3 is 2.25 bits per heavy atom. The Morgan fingerprint density at radius 2 is 2.25 bits per heavy atom. The van der Waals surface area contributed by atoms with Crippen LogP contribution in [-0.2, 0) is 9.08 Å². The van der Waals surface area contributed by atoms with E-state index in [4.69, 9.17) is 10.2 Å². The van der Waals surface area contributed by atoms with Crippen LogP contribution in [0.5, 0.6) is 0 Å². The maximum absolute atomic E-state index is 9.79. The summed E-state index contributed by atoms with van der Waals surface area (Å²) >= 11 is 4.56. The summed E-state index contributed by atoms with van der Waals surface area (Å²) in [5.74, 6) is -3.80. The van der Waals surface area contributed by atoms with Crippen molar-refractivity contribution in [3.05, 3.63) is 0 Å². The smallest absolute Gasteiger partial charge is 0.365 e. The minimum Gasteiger partial charge on any atom is -0.477 e. The number of hydrogen-bond acceptors (Lipinski definition) is 3. The summed E-state index contributed by atoms with van der Waals surface area (Å²) in [4.78, 5) is 9.79. The maximum Gasteiger partial charge on any atom is 0.365 e. The number of hydrogen-bond donors (Lipinski definition) is 2. The molecule has 0 aromatic rings. The Kier molecular flexibility index (Phi) is 2.21. The maximum atomic E-state index is 9.79. The monoisotopic (exact) mass is 140 g/mol. The Balaban J connectivity index is 3.91. The number of halogens is 1. The van der Waals surface area contributed by atoms with Gasteiger partial charge in [0.1, 0.15) is 0 Å². The van der Waals surface area contributed by atoms with Gasteiger partial charge in [0.15, 0.2) is 0 Å². The van der Waals surface area contributed by atoms with E-state index in [1.165, 1.54) is 0 Å². The average Bonchev–Trinajstić information content (AvgIpc) is 1.67. The molecule has 0 saturated carbocycles. The fourth-order valence-corrected chi connectivity index (χ4v) is 0.0990. The van der Waals surface area contributed by atoms with E-state index < -0.39 is 11.8 Å². The van der Waals surface area contributed by atoms with Crippen molar-refractivity contribution in [1.82, 2.24) is 0 Å². The van der Waals surface area contributed by atoms with Crippen LogP contribution in [0, 0.1) is 0 Å². The van der Waals surface area contributed by atoms with Gasteiger partial charge < -0.3 is 10.2 Å². The van der Waals surface area contributed by atoms with Gasteiger partial charge in [0.05, 0.1) is 11.9 Å². The molecule has 0 spiro atoms. The van der Waals surface area contributed by atoms with Gasteiger partial charge >= 0.3 is 5.97 Å². The van der Waals surface area contributed by atoms with Gasteiger partial charge in [-0.25, -0.2) is 9.08 Å². The molecular weight excluding hydrogens is 135 g/mol. The second kappa shape index (κ2) is 2.30. The molecule has 8 heavy (non-hydrogen) atoms. The van der Waals surface area contributed by atoms with Crippen LogP contribution in [0.15, 0.2) is 0 Å². The molecule has 0 aromatic heterocycles. The van der Waals surface area contributed by atoms with Gasteiger partial charge in [-0.3, -0.25) is 0 Å². The molecule has 0 radical (unpaired) electrons. The van der Waals surface area contributed by atoms with Crippen molar-refractivity contribution >= 4 is 17.8 Å². The lowest BCUT2D eigenvalue weighted by Crippen LogP contribution is -2.34. The van der Waals surface area contributed by atoms with Crippen LogP contribution in [0.3, 0.4) is 0 Å². The van der Waals surface area contributed by atoms with Crippen molar-refractivity contribution < 1.29 is 19.3 Å². The summed E-state index contributed by atoms with van der Waals surface area (Å²) in [6.07, 6.45) is 0. The summed E-state index contributed by atoms with van der Waals surface area (Å²) in [5, 5.41) is 16.4. The highest BCUT2D eigenvalue weighted by molar-refractivity contribution is 6.08. The first-order chi connectivity index (χ1) is 3.50. The standard InChI is InChI=1S/C3H5ClO4/c1-3(7,8-4)2(5)6/h7H,1H3,(H,5,6)/t3-/m1/s1. The molecule has 0 heterocycles. The van der Waals surface area contributed by atoms with Gasteiger partial charge in [-0.05, 0) is 0 Å². The summed E-state index contributed by atoms with van der Waals surface area (Å²) in [6, 6.07) is 0. The summed E-state index contributed by atoms with van der Waals surface area (Å²) in [6.45, 7) is 0.919. The van der Waals surface area contributed by atoms with Crippen molar-refractivity contribution in [2.45, 2.75) is 12.7 Å². The van der Waals surface area contributed by atoms with Gasteiger partial charge in [0, 0.05) is 6.92 Å². The Hall–Kier alpha value is -0.320. The van der Waals surface area contributed by atoms with Crippen LogP contribution in [0.1, 0.15) is 6.92 Å². The molecule has 0 aliphatic carbocycles. The minimum atomic E-state index is -2.28. The predicted octanol–water partition coefficient (Wildman–Crippen LogP) is -0.0501. The largest absolute Gasteiger partial charge is 0.477 e. The van der Waals surface area contributed by atoms with Crippen LogP contribution >= 0.6 is 11.9 Å². The van der Waals surface area contributed by atoms with Gasteiger partial charge in [0.25, 0.3) is 5.79 Å². The van der Waals surface area contributed by atoms with Gasteiger partial charge in [-0.1, -0.05) is 0 Å². The summed E-state index contributed by atoms with van der Waals surface area (Å²) in [5.41, 5.74) is 0.